The molecule has 0 aromatic carbocycles. The Morgan fingerprint density at radius 2 is 1.41 bits per heavy atom. The molecule has 0 N–H and O–H groups in total. The molecule has 0 saturated heterocycles. The standard InChI is InChI=1S/C4H4N2.C3H3N3.C2H2N2S/c1-2-5-4-6-3-1;1-2-4-6-5-3-1;1-2-5-4-3-1/h1-4H;1-3H;1-2H. The summed E-state index contributed by atoms with van der Waals surface area (Å²) < 4.78 is 3.51. The minimum Gasteiger partial charge on any atom is -0.245 e. The molecule has 0 atom stereocenters. The molecular formula is C9H9N7S. The summed E-state index contributed by atoms with van der Waals surface area (Å²) in [6.45, 7) is 0. The van der Waals surface area contributed by atoms with Crippen LogP contribution in [0, 0.1) is 0 Å². The fraction of sp³-hybridized carbons (Fsp3) is 0. The molecule has 0 amide bonds. The van der Waals surface area contributed by atoms with Crippen LogP contribution in [0.3, 0.4) is 0 Å². The van der Waals surface area contributed by atoms with Gasteiger partial charge in [-0.2, -0.15) is 0 Å². The summed E-state index contributed by atoms with van der Waals surface area (Å²) in [4.78, 5) is 7.35. The van der Waals surface area contributed by atoms with Crippen LogP contribution >= 0.6 is 11.5 Å². The molecule has 0 fully saturated rings. The second-order valence-electron chi connectivity index (χ2n) is 2.30. The van der Waals surface area contributed by atoms with E-state index in [9.17, 15) is 0 Å². The van der Waals surface area contributed by atoms with Crippen LogP contribution in [0.15, 0.2) is 54.8 Å². The topological polar surface area (TPSA) is 90.2 Å². The Labute approximate surface area is 102 Å². The first-order chi connectivity index (χ1) is 8.50. The Bertz CT molecular complexity index is 331. The van der Waals surface area contributed by atoms with Crippen molar-refractivity contribution in [2.24, 2.45) is 0 Å². The molecule has 3 rings (SSSR count). The lowest BCUT2D eigenvalue weighted by molar-refractivity contribution is 0.865. The number of rotatable bonds is 0. The molecule has 0 aliphatic carbocycles. The van der Waals surface area contributed by atoms with Crippen LogP contribution in [0.2, 0.25) is 0 Å². The molecule has 7 nitrogen and oxygen atoms in total. The highest BCUT2D eigenvalue weighted by molar-refractivity contribution is 7.03. The molecule has 0 saturated carbocycles. The highest BCUT2D eigenvalue weighted by Crippen LogP contribution is 1.78. The van der Waals surface area contributed by atoms with Crippen LogP contribution in [0.25, 0.3) is 0 Å². The molecule has 3 aromatic rings. The number of aromatic nitrogens is 7. The fourth-order valence-corrected chi connectivity index (χ4v) is 0.867. The average molecular weight is 247 g/mol. The summed E-state index contributed by atoms with van der Waals surface area (Å²) in [5.74, 6) is 0. The molecule has 3 heterocycles. The molecule has 0 spiro atoms. The summed E-state index contributed by atoms with van der Waals surface area (Å²) in [7, 11) is 0. The molecule has 0 aliphatic rings. The Morgan fingerprint density at radius 1 is 0.706 bits per heavy atom. The zero-order valence-electron chi connectivity index (χ0n) is 8.73. The highest BCUT2D eigenvalue weighted by atomic mass is 32.1. The second-order valence-corrected chi connectivity index (χ2v) is 2.95. The molecular weight excluding hydrogens is 238 g/mol. The van der Waals surface area contributed by atoms with Crippen molar-refractivity contribution in [1.29, 1.82) is 0 Å². The number of hydrogen-bond acceptors (Lipinski definition) is 8. The largest absolute Gasteiger partial charge is 0.245 e. The quantitative estimate of drug-likeness (QED) is 0.582. The van der Waals surface area contributed by atoms with Crippen molar-refractivity contribution < 1.29 is 0 Å². The molecule has 0 radical (unpaired) electrons. The number of nitrogens with zero attached hydrogens (tertiary/aromatic N) is 7. The van der Waals surface area contributed by atoms with Crippen molar-refractivity contribution in [1.82, 2.24) is 35.0 Å². The summed E-state index contributed by atoms with van der Waals surface area (Å²) in [6.07, 6.45) is 9.69. The van der Waals surface area contributed by atoms with Crippen molar-refractivity contribution in [2.75, 3.05) is 0 Å². The lowest BCUT2D eigenvalue weighted by atomic mass is 10.7. The van der Waals surface area contributed by atoms with Crippen LogP contribution in [0.4, 0.5) is 0 Å². The van der Waals surface area contributed by atoms with E-state index in [1.165, 1.54) is 17.9 Å². The first-order valence-electron chi connectivity index (χ1n) is 4.49. The van der Waals surface area contributed by atoms with Crippen LogP contribution < -0.4 is 0 Å². The van der Waals surface area contributed by atoms with E-state index in [0.717, 1.165) is 0 Å². The maximum Gasteiger partial charge on any atom is 0.115 e. The molecule has 17 heavy (non-hydrogen) atoms. The SMILES string of the molecule is c1cncnc1.c1cnnnc1.c1csnn1. The number of hydrogen-bond donors (Lipinski definition) is 0. The summed E-state index contributed by atoms with van der Waals surface area (Å²) in [5.41, 5.74) is 0. The van der Waals surface area contributed by atoms with Crippen molar-refractivity contribution in [2.45, 2.75) is 0 Å². The highest BCUT2D eigenvalue weighted by Gasteiger charge is 1.61. The van der Waals surface area contributed by atoms with Gasteiger partial charge in [0.15, 0.2) is 0 Å². The summed E-state index contributed by atoms with van der Waals surface area (Å²) in [5, 5.41) is 15.4. The predicted octanol–water partition coefficient (Wildman–Crippen LogP) is 0.886. The Kier molecular flexibility index (Phi) is 7.61. The van der Waals surface area contributed by atoms with Crippen LogP contribution in [0.1, 0.15) is 0 Å². The van der Waals surface area contributed by atoms with Crippen molar-refractivity contribution in [3.05, 3.63) is 54.8 Å². The van der Waals surface area contributed by atoms with Gasteiger partial charge in [-0.25, -0.2) is 9.97 Å². The summed E-state index contributed by atoms with van der Waals surface area (Å²) in [6, 6.07) is 3.49. The normalized spacial score (nSPS) is 8.00. The minimum atomic E-state index is 1.35. The third kappa shape index (κ3) is 8.63. The van der Waals surface area contributed by atoms with E-state index in [1.807, 2.05) is 5.38 Å². The fourth-order valence-electron chi connectivity index (χ4n) is 0.594. The van der Waals surface area contributed by atoms with Gasteiger partial charge < -0.3 is 0 Å². The monoisotopic (exact) mass is 247 g/mol. The van der Waals surface area contributed by atoms with Gasteiger partial charge in [0.25, 0.3) is 0 Å². The molecule has 0 bridgehead atoms. The molecule has 0 aliphatic heterocycles. The van der Waals surface area contributed by atoms with Crippen LogP contribution in [-0.4, -0.2) is 35.0 Å². The van der Waals surface area contributed by atoms with Gasteiger partial charge in [0.2, 0.25) is 0 Å². The maximum absolute atomic E-state index is 3.67. The van der Waals surface area contributed by atoms with E-state index in [2.05, 4.69) is 35.0 Å². The Morgan fingerprint density at radius 3 is 1.59 bits per heavy atom. The van der Waals surface area contributed by atoms with E-state index < -0.39 is 0 Å². The van der Waals surface area contributed by atoms with Gasteiger partial charge in [-0.05, 0) is 28.9 Å². The smallest absolute Gasteiger partial charge is 0.115 e. The third-order valence-electron chi connectivity index (χ3n) is 1.17. The lowest BCUT2D eigenvalue weighted by Crippen LogP contribution is -1.78. The zero-order valence-corrected chi connectivity index (χ0v) is 9.55. The summed E-state index contributed by atoms with van der Waals surface area (Å²) >= 11 is 1.35. The van der Waals surface area contributed by atoms with Gasteiger partial charge >= 0.3 is 0 Å². The van der Waals surface area contributed by atoms with E-state index in [1.54, 1.807) is 43.1 Å². The van der Waals surface area contributed by atoms with E-state index in [0.29, 0.717) is 0 Å². The van der Waals surface area contributed by atoms with Gasteiger partial charge in [0, 0.05) is 17.8 Å². The van der Waals surface area contributed by atoms with Crippen molar-refractivity contribution in [3.8, 4) is 0 Å². The second kappa shape index (κ2) is 10.2. The zero-order chi connectivity index (χ0) is 12.0. The van der Waals surface area contributed by atoms with Crippen molar-refractivity contribution >= 4 is 11.5 Å². The van der Waals surface area contributed by atoms with Crippen molar-refractivity contribution in [3.63, 3.8) is 0 Å². The molecule has 3 aromatic heterocycles. The van der Waals surface area contributed by atoms with Gasteiger partial charge in [-0.1, -0.05) is 4.49 Å². The minimum absolute atomic E-state index is 1.35. The predicted molar refractivity (Wildman–Crippen MR) is 61.8 cm³/mol. The molecule has 0 unspecified atom stereocenters. The van der Waals surface area contributed by atoms with Gasteiger partial charge in [0.1, 0.15) is 6.33 Å². The van der Waals surface area contributed by atoms with Crippen LogP contribution in [0.5, 0.6) is 0 Å². The maximum atomic E-state index is 3.67. The van der Waals surface area contributed by atoms with E-state index in [-0.39, 0.29) is 0 Å². The first kappa shape index (κ1) is 12.7. The first-order valence-corrected chi connectivity index (χ1v) is 5.33. The van der Waals surface area contributed by atoms with Gasteiger partial charge in [0.05, 0.1) is 18.6 Å². The third-order valence-corrected chi connectivity index (χ3v) is 1.60. The molecule has 8 heteroatoms. The van der Waals surface area contributed by atoms with Gasteiger partial charge in [-0.15, -0.1) is 15.3 Å². The van der Waals surface area contributed by atoms with E-state index in [4.69, 9.17) is 0 Å². The van der Waals surface area contributed by atoms with Crippen LogP contribution in [-0.2, 0) is 0 Å². The van der Waals surface area contributed by atoms with Gasteiger partial charge in [-0.3, -0.25) is 0 Å². The molecule has 86 valence electrons. The lowest BCUT2D eigenvalue weighted by Gasteiger charge is -1.70. The van der Waals surface area contributed by atoms with E-state index >= 15 is 0 Å². The average Bonchev–Trinajstić information content (AvgIpc) is 3.03. The Hall–Kier alpha value is -2.35. The Balaban J connectivity index is 0.000000128.